The van der Waals surface area contributed by atoms with Crippen molar-refractivity contribution in [1.29, 1.82) is 0 Å². The zero-order chi connectivity index (χ0) is 11.1. The predicted octanol–water partition coefficient (Wildman–Crippen LogP) is 2.01. The summed E-state index contributed by atoms with van der Waals surface area (Å²) < 4.78 is 5.73. The lowest BCUT2D eigenvalue weighted by Crippen LogP contribution is -2.40. The number of hydrazine groups is 1. The highest BCUT2D eigenvalue weighted by Gasteiger charge is 2.20. The predicted molar refractivity (Wildman–Crippen MR) is 62.2 cm³/mol. The molecule has 0 fully saturated rings. The van der Waals surface area contributed by atoms with Gasteiger partial charge in [0.15, 0.2) is 0 Å². The van der Waals surface area contributed by atoms with E-state index in [1.54, 1.807) is 0 Å². The van der Waals surface area contributed by atoms with Crippen LogP contribution in [0.15, 0.2) is 30.3 Å². The van der Waals surface area contributed by atoms with Crippen LogP contribution in [0, 0.1) is 0 Å². The molecule has 2 unspecified atom stereocenters. The number of nitrogens with one attached hydrogen (secondary N) is 1. The van der Waals surface area contributed by atoms with Crippen LogP contribution in [0.1, 0.15) is 31.9 Å². The minimum Gasteiger partial charge on any atom is -0.372 e. The highest BCUT2D eigenvalue weighted by Crippen LogP contribution is 2.22. The van der Waals surface area contributed by atoms with E-state index in [0.29, 0.717) is 6.61 Å². The molecule has 1 aromatic rings. The second kappa shape index (κ2) is 6.56. The van der Waals surface area contributed by atoms with Gasteiger partial charge in [0.25, 0.3) is 0 Å². The molecule has 1 rings (SSSR count). The van der Waals surface area contributed by atoms with Crippen molar-refractivity contribution in [1.82, 2.24) is 5.43 Å². The summed E-state index contributed by atoms with van der Waals surface area (Å²) in [6.45, 7) is 4.79. The number of hydrogen-bond acceptors (Lipinski definition) is 3. The second-order valence-corrected chi connectivity index (χ2v) is 3.47. The number of rotatable bonds is 6. The molecular weight excluding hydrogens is 188 g/mol. The first-order chi connectivity index (χ1) is 7.33. The number of hydrogen-bond donors (Lipinski definition) is 2. The van der Waals surface area contributed by atoms with Crippen LogP contribution in [0.4, 0.5) is 0 Å². The molecule has 0 aromatic heterocycles. The second-order valence-electron chi connectivity index (χ2n) is 3.47. The van der Waals surface area contributed by atoms with Crippen LogP contribution in [0.5, 0.6) is 0 Å². The molecule has 0 aliphatic heterocycles. The van der Waals surface area contributed by atoms with Gasteiger partial charge in [-0.15, -0.1) is 0 Å². The molecule has 0 aliphatic carbocycles. The van der Waals surface area contributed by atoms with Crippen molar-refractivity contribution in [3.8, 4) is 0 Å². The average molecular weight is 208 g/mol. The average Bonchev–Trinajstić information content (AvgIpc) is 2.30. The molecular formula is C12H20N2O. The lowest BCUT2D eigenvalue weighted by Gasteiger charge is -2.25. The third-order valence-corrected chi connectivity index (χ3v) is 2.49. The maximum atomic E-state index is 5.73. The Balaban J connectivity index is 2.81. The Hall–Kier alpha value is -0.900. The van der Waals surface area contributed by atoms with Crippen molar-refractivity contribution < 1.29 is 4.74 Å². The summed E-state index contributed by atoms with van der Waals surface area (Å²) in [5.41, 5.74) is 3.98. The van der Waals surface area contributed by atoms with Gasteiger partial charge in [-0.2, -0.15) is 0 Å². The van der Waals surface area contributed by atoms with Gasteiger partial charge >= 0.3 is 0 Å². The first-order valence-corrected chi connectivity index (χ1v) is 5.46. The Labute approximate surface area is 91.6 Å². The van der Waals surface area contributed by atoms with E-state index in [2.05, 4.69) is 24.5 Å². The van der Waals surface area contributed by atoms with Crippen molar-refractivity contribution in [3.05, 3.63) is 35.9 Å². The first-order valence-electron chi connectivity index (χ1n) is 5.46. The molecule has 3 nitrogen and oxygen atoms in total. The number of nitrogens with two attached hydrogens (primary N) is 1. The van der Waals surface area contributed by atoms with Gasteiger partial charge in [-0.3, -0.25) is 11.3 Å². The number of benzene rings is 1. The molecule has 15 heavy (non-hydrogen) atoms. The van der Waals surface area contributed by atoms with Crippen molar-refractivity contribution in [2.75, 3.05) is 6.61 Å². The lowest BCUT2D eigenvalue weighted by molar-refractivity contribution is 0.0321. The maximum absolute atomic E-state index is 5.73. The van der Waals surface area contributed by atoms with E-state index in [9.17, 15) is 0 Å². The summed E-state index contributed by atoms with van der Waals surface area (Å²) in [6.07, 6.45) is 0.974. The molecule has 3 N–H and O–H groups in total. The molecule has 0 aliphatic rings. The van der Waals surface area contributed by atoms with Crippen LogP contribution in [-0.2, 0) is 4.74 Å². The fraction of sp³-hybridized carbons (Fsp3) is 0.500. The highest BCUT2D eigenvalue weighted by atomic mass is 16.5. The van der Waals surface area contributed by atoms with Gasteiger partial charge in [-0.05, 0) is 18.9 Å². The van der Waals surface area contributed by atoms with E-state index in [4.69, 9.17) is 10.6 Å². The molecule has 84 valence electrons. The van der Waals surface area contributed by atoms with Crippen LogP contribution < -0.4 is 11.3 Å². The zero-order valence-corrected chi connectivity index (χ0v) is 9.44. The normalized spacial score (nSPS) is 14.9. The fourth-order valence-electron chi connectivity index (χ4n) is 1.69. The monoisotopic (exact) mass is 208 g/mol. The van der Waals surface area contributed by atoms with Crippen molar-refractivity contribution in [2.24, 2.45) is 5.84 Å². The Bertz CT molecular complexity index is 260. The van der Waals surface area contributed by atoms with Crippen LogP contribution >= 0.6 is 0 Å². The molecule has 3 heteroatoms. The molecule has 1 aromatic carbocycles. The molecule has 0 bridgehead atoms. The maximum Gasteiger partial charge on any atom is 0.0990 e. The van der Waals surface area contributed by atoms with E-state index in [-0.39, 0.29) is 12.1 Å². The Morgan fingerprint density at radius 1 is 1.27 bits per heavy atom. The van der Waals surface area contributed by atoms with E-state index in [0.717, 1.165) is 6.42 Å². The SMILES string of the molecule is CCOC(c1ccccc1)C(CC)NN. The molecule has 0 saturated heterocycles. The Kier molecular flexibility index (Phi) is 5.32. The highest BCUT2D eigenvalue weighted by molar-refractivity contribution is 5.19. The Morgan fingerprint density at radius 2 is 1.93 bits per heavy atom. The van der Waals surface area contributed by atoms with Gasteiger partial charge in [-0.25, -0.2) is 0 Å². The standard InChI is InChI=1S/C12H20N2O/c1-3-11(14-13)12(15-4-2)10-8-6-5-7-9-10/h5-9,11-12,14H,3-4,13H2,1-2H3. The molecule has 0 radical (unpaired) electrons. The molecule has 0 spiro atoms. The quantitative estimate of drug-likeness (QED) is 0.555. The zero-order valence-electron chi connectivity index (χ0n) is 9.44. The van der Waals surface area contributed by atoms with Crippen molar-refractivity contribution in [3.63, 3.8) is 0 Å². The third-order valence-electron chi connectivity index (χ3n) is 2.49. The smallest absolute Gasteiger partial charge is 0.0990 e. The van der Waals surface area contributed by atoms with Crippen LogP contribution in [0.25, 0.3) is 0 Å². The van der Waals surface area contributed by atoms with E-state index >= 15 is 0 Å². The van der Waals surface area contributed by atoms with Gasteiger partial charge in [0.05, 0.1) is 12.1 Å². The van der Waals surface area contributed by atoms with E-state index in [1.807, 2.05) is 25.1 Å². The summed E-state index contributed by atoms with van der Waals surface area (Å²) >= 11 is 0. The van der Waals surface area contributed by atoms with E-state index < -0.39 is 0 Å². The molecule has 2 atom stereocenters. The topological polar surface area (TPSA) is 47.3 Å². The summed E-state index contributed by atoms with van der Waals surface area (Å²) in [4.78, 5) is 0. The van der Waals surface area contributed by atoms with Crippen LogP contribution in [-0.4, -0.2) is 12.6 Å². The van der Waals surface area contributed by atoms with Gasteiger partial charge in [0, 0.05) is 6.61 Å². The van der Waals surface area contributed by atoms with Crippen molar-refractivity contribution in [2.45, 2.75) is 32.4 Å². The Morgan fingerprint density at radius 3 is 2.40 bits per heavy atom. The molecule has 0 amide bonds. The third kappa shape index (κ3) is 3.30. The van der Waals surface area contributed by atoms with Crippen LogP contribution in [0.3, 0.4) is 0 Å². The van der Waals surface area contributed by atoms with Crippen LogP contribution in [0.2, 0.25) is 0 Å². The van der Waals surface area contributed by atoms with E-state index in [1.165, 1.54) is 5.56 Å². The summed E-state index contributed by atoms with van der Waals surface area (Å²) in [7, 11) is 0. The van der Waals surface area contributed by atoms with Gasteiger partial charge < -0.3 is 4.74 Å². The molecule has 0 heterocycles. The lowest BCUT2D eigenvalue weighted by atomic mass is 10.0. The summed E-state index contributed by atoms with van der Waals surface area (Å²) in [5, 5.41) is 0. The summed E-state index contributed by atoms with van der Waals surface area (Å²) in [6, 6.07) is 10.3. The minimum atomic E-state index is 0.0335. The molecule has 0 saturated carbocycles. The van der Waals surface area contributed by atoms with Crippen molar-refractivity contribution >= 4 is 0 Å². The minimum absolute atomic E-state index is 0.0335. The summed E-state index contributed by atoms with van der Waals surface area (Å²) in [5.74, 6) is 5.52. The van der Waals surface area contributed by atoms with Gasteiger partial charge in [0.2, 0.25) is 0 Å². The largest absolute Gasteiger partial charge is 0.372 e. The fourth-order valence-corrected chi connectivity index (χ4v) is 1.69. The number of ether oxygens (including phenoxy) is 1. The first kappa shape index (κ1) is 12.2. The van der Waals surface area contributed by atoms with Gasteiger partial charge in [-0.1, -0.05) is 37.3 Å². The van der Waals surface area contributed by atoms with Gasteiger partial charge in [0.1, 0.15) is 0 Å².